The SMILES string of the molecule is CCOc1cccc(-c2cc(OC)cc(C(=O)O)n2)c1. The Balaban J connectivity index is 2.48. The van der Waals surface area contributed by atoms with Gasteiger partial charge in [-0.3, -0.25) is 0 Å². The van der Waals surface area contributed by atoms with E-state index in [1.54, 1.807) is 6.07 Å². The van der Waals surface area contributed by atoms with Crippen molar-refractivity contribution in [3.63, 3.8) is 0 Å². The van der Waals surface area contributed by atoms with Crippen LogP contribution in [0.3, 0.4) is 0 Å². The standard InChI is InChI=1S/C15H15NO4/c1-3-20-11-6-4-5-10(7-11)13-8-12(19-2)9-14(16-13)15(17)18/h4-9H,3H2,1-2H3,(H,17,18). The van der Waals surface area contributed by atoms with E-state index in [1.807, 2.05) is 31.2 Å². The van der Waals surface area contributed by atoms with Crippen LogP contribution in [-0.4, -0.2) is 29.8 Å². The number of aromatic carboxylic acids is 1. The predicted octanol–water partition coefficient (Wildman–Crippen LogP) is 2.85. The quantitative estimate of drug-likeness (QED) is 0.907. The van der Waals surface area contributed by atoms with Crippen molar-refractivity contribution >= 4 is 5.97 Å². The van der Waals surface area contributed by atoms with E-state index in [4.69, 9.17) is 14.6 Å². The van der Waals surface area contributed by atoms with Gasteiger partial charge in [0.15, 0.2) is 5.69 Å². The van der Waals surface area contributed by atoms with Crippen molar-refractivity contribution in [2.75, 3.05) is 13.7 Å². The van der Waals surface area contributed by atoms with Crippen LogP contribution in [0.5, 0.6) is 11.5 Å². The van der Waals surface area contributed by atoms with Gasteiger partial charge in [0.1, 0.15) is 11.5 Å². The third-order valence-corrected chi connectivity index (χ3v) is 2.69. The molecule has 0 unspecified atom stereocenters. The minimum Gasteiger partial charge on any atom is -0.497 e. The molecule has 1 aromatic carbocycles. The van der Waals surface area contributed by atoms with E-state index in [-0.39, 0.29) is 5.69 Å². The molecule has 2 rings (SSSR count). The molecule has 0 aliphatic heterocycles. The monoisotopic (exact) mass is 273 g/mol. The first-order valence-corrected chi connectivity index (χ1v) is 6.16. The predicted molar refractivity (Wildman–Crippen MR) is 74.4 cm³/mol. The van der Waals surface area contributed by atoms with Gasteiger partial charge in [-0.05, 0) is 19.1 Å². The summed E-state index contributed by atoms with van der Waals surface area (Å²) in [7, 11) is 1.49. The molecule has 104 valence electrons. The Morgan fingerprint density at radius 1 is 1.25 bits per heavy atom. The summed E-state index contributed by atoms with van der Waals surface area (Å²) >= 11 is 0. The van der Waals surface area contributed by atoms with Crippen LogP contribution in [0.25, 0.3) is 11.3 Å². The maximum atomic E-state index is 11.1. The van der Waals surface area contributed by atoms with E-state index < -0.39 is 5.97 Å². The summed E-state index contributed by atoms with van der Waals surface area (Å²) in [5.41, 5.74) is 1.25. The van der Waals surface area contributed by atoms with Crippen LogP contribution in [0.15, 0.2) is 36.4 Å². The number of hydrogen-bond donors (Lipinski definition) is 1. The molecule has 5 nitrogen and oxygen atoms in total. The van der Waals surface area contributed by atoms with E-state index in [0.717, 1.165) is 5.56 Å². The van der Waals surface area contributed by atoms with Gasteiger partial charge in [0, 0.05) is 17.7 Å². The number of pyridine rings is 1. The number of ether oxygens (including phenoxy) is 2. The Morgan fingerprint density at radius 3 is 2.70 bits per heavy atom. The molecule has 20 heavy (non-hydrogen) atoms. The molecule has 0 saturated carbocycles. The topological polar surface area (TPSA) is 68.7 Å². The molecule has 0 aliphatic rings. The maximum absolute atomic E-state index is 11.1. The Hall–Kier alpha value is -2.56. The first-order chi connectivity index (χ1) is 9.63. The van der Waals surface area contributed by atoms with Crippen molar-refractivity contribution in [3.8, 4) is 22.8 Å². The van der Waals surface area contributed by atoms with Crippen LogP contribution in [0.4, 0.5) is 0 Å². The molecule has 2 aromatic rings. The molecule has 1 N–H and O–H groups in total. The summed E-state index contributed by atoms with van der Waals surface area (Å²) in [4.78, 5) is 15.2. The highest BCUT2D eigenvalue weighted by Crippen LogP contribution is 2.26. The van der Waals surface area contributed by atoms with Crippen molar-refractivity contribution in [1.29, 1.82) is 0 Å². The van der Waals surface area contributed by atoms with Crippen LogP contribution in [0, 0.1) is 0 Å². The van der Waals surface area contributed by atoms with Crippen molar-refractivity contribution < 1.29 is 19.4 Å². The Morgan fingerprint density at radius 2 is 2.05 bits per heavy atom. The molecule has 0 aliphatic carbocycles. The number of nitrogens with zero attached hydrogens (tertiary/aromatic N) is 1. The van der Waals surface area contributed by atoms with Gasteiger partial charge in [0.25, 0.3) is 0 Å². The van der Waals surface area contributed by atoms with Crippen molar-refractivity contribution in [2.24, 2.45) is 0 Å². The molecule has 0 radical (unpaired) electrons. The highest BCUT2D eigenvalue weighted by molar-refractivity contribution is 5.86. The minimum atomic E-state index is -1.09. The molecule has 1 heterocycles. The second-order valence-corrected chi connectivity index (χ2v) is 4.04. The molecule has 1 aromatic heterocycles. The van der Waals surface area contributed by atoms with Gasteiger partial charge in [0.05, 0.1) is 19.4 Å². The largest absolute Gasteiger partial charge is 0.497 e. The number of rotatable bonds is 5. The molecule has 0 fully saturated rings. The van der Waals surface area contributed by atoms with E-state index in [9.17, 15) is 4.79 Å². The number of carboxylic acids is 1. The van der Waals surface area contributed by atoms with Gasteiger partial charge >= 0.3 is 5.97 Å². The maximum Gasteiger partial charge on any atom is 0.354 e. The molecule has 0 bridgehead atoms. The number of aromatic nitrogens is 1. The number of methoxy groups -OCH3 is 1. The van der Waals surface area contributed by atoms with Crippen LogP contribution < -0.4 is 9.47 Å². The average Bonchev–Trinajstić information content (AvgIpc) is 2.47. The molecule has 5 heteroatoms. The van der Waals surface area contributed by atoms with Gasteiger partial charge in [-0.2, -0.15) is 0 Å². The zero-order chi connectivity index (χ0) is 14.5. The van der Waals surface area contributed by atoms with Gasteiger partial charge in [0.2, 0.25) is 0 Å². The van der Waals surface area contributed by atoms with E-state index >= 15 is 0 Å². The number of carboxylic acid groups (broad SMARTS) is 1. The summed E-state index contributed by atoms with van der Waals surface area (Å²) in [5, 5.41) is 9.07. The second kappa shape index (κ2) is 6.06. The first-order valence-electron chi connectivity index (χ1n) is 6.16. The number of benzene rings is 1. The summed E-state index contributed by atoms with van der Waals surface area (Å²) < 4.78 is 10.5. The minimum absolute atomic E-state index is 0.0545. The highest BCUT2D eigenvalue weighted by Gasteiger charge is 2.11. The summed E-state index contributed by atoms with van der Waals surface area (Å²) in [5.74, 6) is 0.0758. The van der Waals surface area contributed by atoms with E-state index in [1.165, 1.54) is 13.2 Å². The van der Waals surface area contributed by atoms with Gasteiger partial charge in [-0.15, -0.1) is 0 Å². The third-order valence-electron chi connectivity index (χ3n) is 2.69. The lowest BCUT2D eigenvalue weighted by Crippen LogP contribution is -2.02. The Kier molecular flexibility index (Phi) is 4.20. The summed E-state index contributed by atoms with van der Waals surface area (Å²) in [6, 6.07) is 10.4. The molecular formula is C15H15NO4. The normalized spacial score (nSPS) is 10.1. The summed E-state index contributed by atoms with van der Waals surface area (Å²) in [6.07, 6.45) is 0. The lowest BCUT2D eigenvalue weighted by molar-refractivity contribution is 0.0690. The van der Waals surface area contributed by atoms with Gasteiger partial charge in [-0.1, -0.05) is 12.1 Å². The average molecular weight is 273 g/mol. The van der Waals surface area contributed by atoms with Crippen LogP contribution in [0.2, 0.25) is 0 Å². The van der Waals surface area contributed by atoms with E-state index in [2.05, 4.69) is 4.98 Å². The number of hydrogen-bond acceptors (Lipinski definition) is 4. The molecule has 0 saturated heterocycles. The van der Waals surface area contributed by atoms with Crippen LogP contribution in [0.1, 0.15) is 17.4 Å². The number of carbonyl (C=O) groups is 1. The van der Waals surface area contributed by atoms with Crippen LogP contribution >= 0.6 is 0 Å². The smallest absolute Gasteiger partial charge is 0.354 e. The third kappa shape index (κ3) is 3.06. The molecular weight excluding hydrogens is 258 g/mol. The molecule has 0 atom stereocenters. The molecule has 0 amide bonds. The van der Waals surface area contributed by atoms with Crippen molar-refractivity contribution in [2.45, 2.75) is 6.92 Å². The Labute approximate surface area is 116 Å². The van der Waals surface area contributed by atoms with Gasteiger partial charge in [-0.25, -0.2) is 9.78 Å². The zero-order valence-corrected chi connectivity index (χ0v) is 11.3. The van der Waals surface area contributed by atoms with Crippen molar-refractivity contribution in [1.82, 2.24) is 4.98 Å². The zero-order valence-electron chi connectivity index (χ0n) is 11.3. The lowest BCUT2D eigenvalue weighted by Gasteiger charge is -2.08. The lowest BCUT2D eigenvalue weighted by atomic mass is 10.1. The fourth-order valence-corrected chi connectivity index (χ4v) is 1.79. The second-order valence-electron chi connectivity index (χ2n) is 4.04. The van der Waals surface area contributed by atoms with Crippen LogP contribution in [-0.2, 0) is 0 Å². The van der Waals surface area contributed by atoms with E-state index in [0.29, 0.717) is 23.8 Å². The van der Waals surface area contributed by atoms with Crippen molar-refractivity contribution in [3.05, 3.63) is 42.1 Å². The Bertz CT molecular complexity index is 625. The van der Waals surface area contributed by atoms with Gasteiger partial charge < -0.3 is 14.6 Å². The fraction of sp³-hybridized carbons (Fsp3) is 0.200. The first kappa shape index (κ1) is 13.9. The summed E-state index contributed by atoms with van der Waals surface area (Å²) in [6.45, 7) is 2.47. The highest BCUT2D eigenvalue weighted by atomic mass is 16.5. The fourth-order valence-electron chi connectivity index (χ4n) is 1.79. The molecule has 0 spiro atoms.